The maximum atomic E-state index is 3.53. The van der Waals surface area contributed by atoms with E-state index >= 15 is 0 Å². The maximum Gasteiger partial charge on any atom is 0.129 e. The van der Waals surface area contributed by atoms with Crippen molar-refractivity contribution in [2.45, 2.75) is 53.1 Å². The molecule has 0 saturated carbocycles. The summed E-state index contributed by atoms with van der Waals surface area (Å²) in [5, 5.41) is 0. The van der Waals surface area contributed by atoms with Crippen LogP contribution in [-0.4, -0.2) is 16.1 Å². The van der Waals surface area contributed by atoms with Gasteiger partial charge >= 0.3 is 0 Å². The Morgan fingerprint density at radius 3 is 2.10 bits per heavy atom. The quantitative estimate of drug-likeness (QED) is 0.503. The molecule has 0 amide bonds. The minimum Gasteiger partial charge on any atom is -0.127 e. The molecule has 0 aliphatic rings. The van der Waals surface area contributed by atoms with Crippen molar-refractivity contribution in [2.75, 3.05) is 0 Å². The Morgan fingerprint density at radius 2 is 1.60 bits per heavy atom. The summed E-state index contributed by atoms with van der Waals surface area (Å²) in [5.41, 5.74) is 11.2. The molecule has 0 aliphatic heterocycles. The van der Waals surface area contributed by atoms with E-state index in [9.17, 15) is 0 Å². The molecule has 0 atom stereocenters. The molecular weight excluding hydrogens is 272 g/mol. The zero-order valence-electron chi connectivity index (χ0n) is 14.3. The third-order valence-corrected chi connectivity index (χ3v) is 4.86. The fourth-order valence-corrected chi connectivity index (χ4v) is 3.50. The average molecular weight is 301 g/mol. The van der Waals surface area contributed by atoms with Crippen LogP contribution >= 0.6 is 0 Å². The van der Waals surface area contributed by atoms with Crippen LogP contribution in [-0.2, 0) is 0 Å². The highest BCUT2D eigenvalue weighted by atomic mass is 28.3. The van der Waals surface area contributed by atoms with Crippen LogP contribution in [0.3, 0.4) is 0 Å². The van der Waals surface area contributed by atoms with Crippen molar-refractivity contribution < 1.29 is 0 Å². The van der Waals surface area contributed by atoms with Gasteiger partial charge in [0.1, 0.15) is 8.07 Å². The third-order valence-electron chi connectivity index (χ3n) is 2.83. The fourth-order valence-electron chi connectivity index (χ4n) is 1.90. The molecule has 1 aromatic carbocycles. The molecule has 1 rings (SSSR count). The van der Waals surface area contributed by atoms with E-state index in [1.54, 1.807) is 0 Å². The maximum absolute atomic E-state index is 3.53. The Hall–Kier alpha value is -1.05. The van der Waals surface area contributed by atoms with Crippen molar-refractivity contribution >= 4 is 21.7 Å². The highest BCUT2D eigenvalue weighted by Gasteiger charge is 2.14. The van der Waals surface area contributed by atoms with Crippen LogP contribution < -0.4 is 0 Å². The van der Waals surface area contributed by atoms with Crippen molar-refractivity contribution in [2.24, 2.45) is 0 Å². The number of hydrogen-bond acceptors (Lipinski definition) is 0. The third kappa shape index (κ3) is 5.94. The number of aryl methyl sites for hydroxylation is 2. The zero-order valence-corrected chi connectivity index (χ0v) is 16.3. The van der Waals surface area contributed by atoms with E-state index in [1.165, 1.54) is 22.3 Å². The molecule has 0 N–H and O–H groups in total. The van der Waals surface area contributed by atoms with Gasteiger partial charge in [0, 0.05) is 5.57 Å². The lowest BCUT2D eigenvalue weighted by Gasteiger charge is -2.14. The summed E-state index contributed by atoms with van der Waals surface area (Å²) >= 11 is 0. The van der Waals surface area contributed by atoms with Gasteiger partial charge in [-0.15, -0.1) is 5.54 Å². The van der Waals surface area contributed by atoms with Gasteiger partial charge in [0.15, 0.2) is 0 Å². The van der Waals surface area contributed by atoms with Crippen LogP contribution in [0.15, 0.2) is 23.9 Å². The molecule has 2 heteroatoms. The first-order valence-corrected chi connectivity index (χ1v) is 14.4. The first-order valence-electron chi connectivity index (χ1n) is 7.32. The van der Waals surface area contributed by atoms with E-state index in [2.05, 4.69) is 88.5 Å². The van der Waals surface area contributed by atoms with Crippen molar-refractivity contribution in [3.63, 3.8) is 0 Å². The van der Waals surface area contributed by atoms with Crippen molar-refractivity contribution in [1.29, 1.82) is 0 Å². The fraction of sp³-hybridized carbons (Fsp3) is 0.444. The predicted octanol–water partition coefficient (Wildman–Crippen LogP) is 5.45. The Morgan fingerprint density at radius 1 is 1.00 bits per heavy atom. The number of benzene rings is 1. The highest BCUT2D eigenvalue weighted by molar-refractivity contribution is 6.84. The predicted molar refractivity (Wildman–Crippen MR) is 98.4 cm³/mol. The second kappa shape index (κ2) is 6.16. The van der Waals surface area contributed by atoms with Gasteiger partial charge in [0.2, 0.25) is 0 Å². The summed E-state index contributed by atoms with van der Waals surface area (Å²) in [5.74, 6) is 3.51. The smallest absolute Gasteiger partial charge is 0.127 e. The number of allylic oxidation sites excluding steroid dienone is 1. The Kier molecular flexibility index (Phi) is 5.23. The Bertz CT molecular complexity index is 570. The summed E-state index contributed by atoms with van der Waals surface area (Å²) < 4.78 is 0. The lowest BCUT2D eigenvalue weighted by atomic mass is 10.00. The molecule has 20 heavy (non-hydrogen) atoms. The molecule has 1 aromatic rings. The molecule has 0 fully saturated rings. The van der Waals surface area contributed by atoms with E-state index < -0.39 is 16.1 Å². The Labute approximate surface area is 127 Å². The molecule has 0 unspecified atom stereocenters. The molecule has 0 heterocycles. The van der Waals surface area contributed by atoms with Crippen LogP contribution in [0, 0.1) is 25.3 Å². The summed E-state index contributed by atoms with van der Waals surface area (Å²) in [6, 6.07) is 6.66. The van der Waals surface area contributed by atoms with Gasteiger partial charge < -0.3 is 0 Å². The van der Waals surface area contributed by atoms with Gasteiger partial charge in [-0.05, 0) is 25.0 Å². The molecule has 0 aromatic heterocycles. The van der Waals surface area contributed by atoms with Gasteiger partial charge in [-0.25, -0.2) is 0 Å². The standard InChI is InChI=1S/C18H28Si2/c1-15-9-10-16(2)18(13-15)17(14-20(6,7)8)11-12-19(3,4)5/h9-10,13-14H,1-8H3/b17-14+. The van der Waals surface area contributed by atoms with E-state index in [4.69, 9.17) is 0 Å². The van der Waals surface area contributed by atoms with Gasteiger partial charge in [0.25, 0.3) is 0 Å². The van der Waals surface area contributed by atoms with E-state index in [0.717, 1.165) is 0 Å². The molecule has 0 spiro atoms. The van der Waals surface area contributed by atoms with Crippen LogP contribution in [0.2, 0.25) is 39.3 Å². The normalized spacial score (nSPS) is 12.9. The topological polar surface area (TPSA) is 0 Å². The zero-order chi connectivity index (χ0) is 15.6. The lowest BCUT2D eigenvalue weighted by molar-refractivity contribution is 1.37. The number of rotatable bonds is 2. The van der Waals surface area contributed by atoms with Crippen LogP contribution in [0.1, 0.15) is 16.7 Å². The minimum absolute atomic E-state index is 1.24. The average Bonchev–Trinajstić information content (AvgIpc) is 2.25. The SMILES string of the molecule is Cc1ccc(C)c(/C(C#C[Si](C)(C)C)=C/[Si](C)(C)C)c1. The van der Waals surface area contributed by atoms with Crippen LogP contribution in [0.4, 0.5) is 0 Å². The number of hydrogen-bond donors (Lipinski definition) is 0. The van der Waals surface area contributed by atoms with Crippen molar-refractivity contribution in [3.8, 4) is 11.5 Å². The second-order valence-corrected chi connectivity index (χ2v) is 17.5. The van der Waals surface area contributed by atoms with Gasteiger partial charge in [-0.3, -0.25) is 0 Å². The molecule has 0 radical (unpaired) electrons. The first kappa shape index (κ1) is 17.0. The largest absolute Gasteiger partial charge is 0.129 e. The van der Waals surface area contributed by atoms with Gasteiger partial charge in [-0.1, -0.05) is 74.7 Å². The molecule has 108 valence electrons. The van der Waals surface area contributed by atoms with Gasteiger partial charge in [-0.2, -0.15) is 0 Å². The van der Waals surface area contributed by atoms with Crippen LogP contribution in [0.25, 0.3) is 5.57 Å². The monoisotopic (exact) mass is 300 g/mol. The summed E-state index contributed by atoms with van der Waals surface area (Å²) in [6.45, 7) is 18.3. The second-order valence-electron chi connectivity index (χ2n) is 7.74. The Balaban J connectivity index is 3.42. The van der Waals surface area contributed by atoms with Crippen LogP contribution in [0.5, 0.6) is 0 Å². The van der Waals surface area contributed by atoms with Gasteiger partial charge in [0.05, 0.1) is 8.07 Å². The molecular formula is C18H28Si2. The molecule has 0 saturated heterocycles. The summed E-state index contributed by atoms with van der Waals surface area (Å²) in [7, 11) is -2.63. The first-order chi connectivity index (χ1) is 8.98. The molecule has 0 aliphatic carbocycles. The lowest BCUT2D eigenvalue weighted by Crippen LogP contribution is -2.18. The minimum atomic E-state index is -1.35. The highest BCUT2D eigenvalue weighted by Crippen LogP contribution is 2.22. The molecule has 0 bridgehead atoms. The molecule has 0 nitrogen and oxygen atoms in total. The summed E-state index contributed by atoms with van der Waals surface area (Å²) in [6.07, 6.45) is 0. The van der Waals surface area contributed by atoms with E-state index in [-0.39, 0.29) is 0 Å². The van der Waals surface area contributed by atoms with E-state index in [1.807, 2.05) is 0 Å². The van der Waals surface area contributed by atoms with E-state index in [0.29, 0.717) is 0 Å². The van der Waals surface area contributed by atoms with Crippen molar-refractivity contribution in [1.82, 2.24) is 0 Å². The van der Waals surface area contributed by atoms with Crippen molar-refractivity contribution in [3.05, 3.63) is 40.6 Å². The summed E-state index contributed by atoms with van der Waals surface area (Å²) in [4.78, 5) is 0.